The molecule has 1 N–H and O–H groups in total. The quantitative estimate of drug-likeness (QED) is 0.0635. The van der Waals surface area contributed by atoms with E-state index >= 15 is 0 Å². The first kappa shape index (κ1) is 45.4. The molecule has 0 saturated heterocycles. The number of carbonyl (C=O) groups excluding carboxylic acids is 1. The van der Waals surface area contributed by atoms with Crippen LogP contribution in [-0.4, -0.2) is 84.9 Å². The number of hydrogen-bond donors (Lipinski definition) is 1. The van der Waals surface area contributed by atoms with Crippen LogP contribution < -0.4 is 19.1 Å². The Morgan fingerprint density at radius 3 is 2.04 bits per heavy atom. The van der Waals surface area contributed by atoms with E-state index in [1.165, 1.54) is 10.6 Å². The van der Waals surface area contributed by atoms with Gasteiger partial charge in [-0.3, -0.25) is 4.79 Å². The van der Waals surface area contributed by atoms with E-state index in [1.807, 2.05) is 31.2 Å². The molecular weight excluding hydrogens is 785 g/mol. The third-order valence-electron chi connectivity index (χ3n) is 8.83. The topological polar surface area (TPSA) is 113 Å². The summed E-state index contributed by atoms with van der Waals surface area (Å²) >= 11 is 3.49. The third kappa shape index (κ3) is 16.4. The largest absolute Gasteiger partial charge is 0.484 e. The molecule has 15 heteroatoms. The molecule has 1 atom stereocenters. The van der Waals surface area contributed by atoms with Crippen molar-refractivity contribution in [1.82, 2.24) is 5.32 Å². The lowest BCUT2D eigenvalue weighted by atomic mass is 10.1. The summed E-state index contributed by atoms with van der Waals surface area (Å²) in [6.07, 6.45) is 0.630. The van der Waals surface area contributed by atoms with Gasteiger partial charge in [-0.15, -0.1) is 0 Å². The smallest absolute Gasteiger partial charge is 0.258 e. The molecule has 290 valence electrons. The van der Waals surface area contributed by atoms with E-state index in [2.05, 4.69) is 81.3 Å². The molecule has 0 saturated carbocycles. The fourth-order valence-electron chi connectivity index (χ4n) is 5.11. The second-order valence-electron chi connectivity index (χ2n) is 15.5. The van der Waals surface area contributed by atoms with Gasteiger partial charge in [-0.05, 0) is 78.6 Å². The van der Waals surface area contributed by atoms with Crippen molar-refractivity contribution in [1.29, 1.82) is 0 Å². The molecule has 2 aromatic rings. The SMILES string of the molecule is CC[Si](CC)(CC)OC(CNC(=O)COc1ccc(Br)c(C)c1)c1ccc(OCOCC[Si](C)(C)C)c(N(COCC[Si](C)(C)C)S(C)(=O)=O)c1. The number of amides is 1. The van der Waals surface area contributed by atoms with Gasteiger partial charge in [-0.25, -0.2) is 12.7 Å². The van der Waals surface area contributed by atoms with Crippen molar-refractivity contribution >= 4 is 62.0 Å². The summed E-state index contributed by atoms with van der Waals surface area (Å²) in [6, 6.07) is 15.6. The van der Waals surface area contributed by atoms with Gasteiger partial charge in [0.25, 0.3) is 5.91 Å². The average molecular weight is 848 g/mol. The predicted molar refractivity (Wildman–Crippen MR) is 221 cm³/mol. The van der Waals surface area contributed by atoms with Gasteiger partial charge in [0, 0.05) is 40.4 Å². The van der Waals surface area contributed by atoms with Gasteiger partial charge in [-0.2, -0.15) is 0 Å². The Morgan fingerprint density at radius 2 is 1.49 bits per heavy atom. The van der Waals surface area contributed by atoms with Crippen LogP contribution in [0.5, 0.6) is 11.5 Å². The second kappa shape index (κ2) is 20.7. The van der Waals surface area contributed by atoms with Crippen LogP contribution in [0.2, 0.25) is 69.5 Å². The van der Waals surface area contributed by atoms with E-state index < -0.39 is 40.6 Å². The number of halogens is 1. The lowest BCUT2D eigenvalue weighted by molar-refractivity contribution is -0.123. The zero-order valence-electron chi connectivity index (χ0n) is 32.8. The average Bonchev–Trinajstić information content (AvgIpc) is 3.04. The van der Waals surface area contributed by atoms with Gasteiger partial charge in [-0.1, -0.05) is 82.0 Å². The molecule has 0 aliphatic rings. The van der Waals surface area contributed by atoms with Gasteiger partial charge >= 0.3 is 0 Å². The lowest BCUT2D eigenvalue weighted by Gasteiger charge is -2.34. The van der Waals surface area contributed by atoms with Crippen molar-refractivity contribution in [3.8, 4) is 11.5 Å². The molecule has 51 heavy (non-hydrogen) atoms. The maximum Gasteiger partial charge on any atom is 0.258 e. The van der Waals surface area contributed by atoms with E-state index in [0.717, 1.165) is 45.8 Å². The number of nitrogens with zero attached hydrogens (tertiary/aromatic N) is 1. The van der Waals surface area contributed by atoms with Crippen molar-refractivity contribution in [2.24, 2.45) is 0 Å². The highest BCUT2D eigenvalue weighted by atomic mass is 79.9. The Labute approximate surface area is 319 Å². The maximum atomic E-state index is 13.3. The van der Waals surface area contributed by atoms with Gasteiger partial charge < -0.3 is 28.7 Å². The standard InChI is InChI=1S/C36H63BrN2O8SSi3/c1-12-51(13-2,14-3)47-35(25-38-36(40)26-45-31-16-17-32(37)29(4)23-31)30-15-18-34(46-28-44-20-22-50(9,10)11)33(24-30)39(48(5,41)42)27-43-19-21-49(6,7)8/h15-18,23-24,35H,12-14,19-22,25-28H2,1-11H3,(H,38,40). The zero-order valence-corrected chi connectivity index (χ0v) is 38.2. The highest BCUT2D eigenvalue weighted by molar-refractivity contribution is 9.10. The fourth-order valence-corrected chi connectivity index (χ4v) is 10.5. The first-order chi connectivity index (χ1) is 23.7. The van der Waals surface area contributed by atoms with Crippen LogP contribution in [0.3, 0.4) is 0 Å². The van der Waals surface area contributed by atoms with Crippen molar-refractivity contribution in [2.45, 2.75) is 103 Å². The number of rotatable bonds is 24. The highest BCUT2D eigenvalue weighted by Gasteiger charge is 2.34. The van der Waals surface area contributed by atoms with E-state index in [0.29, 0.717) is 30.4 Å². The van der Waals surface area contributed by atoms with Gasteiger partial charge in [0.1, 0.15) is 18.2 Å². The molecule has 0 spiro atoms. The molecule has 0 fully saturated rings. The highest BCUT2D eigenvalue weighted by Crippen LogP contribution is 2.36. The molecule has 0 aliphatic heterocycles. The predicted octanol–water partition coefficient (Wildman–Crippen LogP) is 8.79. The Balaban J connectivity index is 2.46. The molecule has 0 bridgehead atoms. The normalized spacial score (nSPS) is 13.2. The van der Waals surface area contributed by atoms with Crippen LogP contribution >= 0.6 is 15.9 Å². The Kier molecular flexibility index (Phi) is 18.4. The molecule has 0 aromatic heterocycles. The zero-order chi connectivity index (χ0) is 38.5. The van der Waals surface area contributed by atoms with E-state index in [-0.39, 0.29) is 32.6 Å². The molecule has 2 rings (SSSR count). The first-order valence-corrected chi connectivity index (χ1v) is 30.5. The summed E-state index contributed by atoms with van der Waals surface area (Å²) < 4.78 is 59.5. The van der Waals surface area contributed by atoms with Crippen LogP contribution in [0.15, 0.2) is 40.9 Å². The number of benzene rings is 2. The summed E-state index contributed by atoms with van der Waals surface area (Å²) in [5.41, 5.74) is 2.07. The minimum atomic E-state index is -3.78. The molecule has 0 aliphatic carbocycles. The summed E-state index contributed by atoms with van der Waals surface area (Å²) in [7, 11) is -8.67. The monoisotopic (exact) mass is 846 g/mol. The van der Waals surface area contributed by atoms with Gasteiger partial charge in [0.05, 0.1) is 18.0 Å². The van der Waals surface area contributed by atoms with Gasteiger partial charge in [0.15, 0.2) is 21.7 Å². The third-order valence-corrected chi connectivity index (χ3v) is 18.9. The van der Waals surface area contributed by atoms with Crippen molar-refractivity contribution in [3.63, 3.8) is 0 Å². The van der Waals surface area contributed by atoms with Crippen LogP contribution in [0, 0.1) is 6.92 Å². The maximum absolute atomic E-state index is 13.3. The second-order valence-corrected chi connectivity index (χ2v) is 34.2. The Morgan fingerprint density at radius 1 is 0.882 bits per heavy atom. The van der Waals surface area contributed by atoms with E-state index in [4.69, 9.17) is 23.4 Å². The Hall–Kier alpha value is -1.73. The van der Waals surface area contributed by atoms with Crippen LogP contribution in [0.1, 0.15) is 38.0 Å². The number of ether oxygens (including phenoxy) is 4. The number of sulfonamides is 1. The van der Waals surface area contributed by atoms with Crippen molar-refractivity contribution < 1.29 is 36.6 Å². The molecule has 10 nitrogen and oxygen atoms in total. The summed E-state index contributed by atoms with van der Waals surface area (Å²) in [6.45, 7) is 22.9. The number of hydrogen-bond acceptors (Lipinski definition) is 8. The summed E-state index contributed by atoms with van der Waals surface area (Å²) in [4.78, 5) is 13.1. The Bertz CT molecular complexity index is 1490. The molecule has 1 amide bonds. The van der Waals surface area contributed by atoms with Crippen LogP contribution in [0.4, 0.5) is 5.69 Å². The number of aryl methyl sites for hydroxylation is 1. The molecule has 0 heterocycles. The van der Waals surface area contributed by atoms with Gasteiger partial charge in [0.2, 0.25) is 10.0 Å². The lowest BCUT2D eigenvalue weighted by Crippen LogP contribution is -2.41. The minimum absolute atomic E-state index is 0.0175. The molecule has 1 unspecified atom stereocenters. The number of nitrogens with one attached hydrogen (secondary N) is 1. The molecular formula is C36H63BrN2O8SSi3. The summed E-state index contributed by atoms with van der Waals surface area (Å²) in [5, 5.41) is 3.01. The number of anilines is 1. The fraction of sp³-hybridized carbons (Fsp3) is 0.639. The van der Waals surface area contributed by atoms with Crippen LogP contribution in [0.25, 0.3) is 0 Å². The molecule has 0 radical (unpaired) electrons. The summed E-state index contributed by atoms with van der Waals surface area (Å²) in [5.74, 6) is 0.674. The number of carbonyl (C=O) groups is 1. The molecule has 2 aromatic carbocycles. The van der Waals surface area contributed by atoms with Crippen molar-refractivity contribution in [3.05, 3.63) is 52.0 Å². The van der Waals surface area contributed by atoms with Crippen LogP contribution in [-0.2, 0) is 28.7 Å². The van der Waals surface area contributed by atoms with E-state index in [9.17, 15) is 13.2 Å². The minimum Gasteiger partial charge on any atom is -0.484 e. The first-order valence-electron chi connectivity index (χ1n) is 18.0. The van der Waals surface area contributed by atoms with E-state index in [1.54, 1.807) is 12.1 Å². The van der Waals surface area contributed by atoms with Crippen molar-refractivity contribution in [2.75, 3.05) is 50.5 Å².